The molecule has 1 aliphatic rings. The van der Waals surface area contributed by atoms with Gasteiger partial charge >= 0.3 is 10.2 Å². The van der Waals surface area contributed by atoms with Crippen LogP contribution in [0.1, 0.15) is 21.6 Å². The number of anilines is 2. The van der Waals surface area contributed by atoms with E-state index in [1.165, 1.54) is 12.1 Å². The molecule has 9 heteroatoms. The Morgan fingerprint density at radius 2 is 1.71 bits per heavy atom. The standard InChI is InChI=1S/C26H18FN3O4S/c27-35(33,34)20-11-9-16(10-12-20)25(31)29-19-5-1-4-17(14-19)21-7-2-8-23-24(21)22(26(32)30-23)15-18-6-3-13-28-18/h1-15,28H,(H,29,31)(H,30,32). The van der Waals surface area contributed by atoms with Gasteiger partial charge < -0.3 is 15.6 Å². The molecule has 0 radical (unpaired) electrons. The lowest BCUT2D eigenvalue weighted by atomic mass is 9.94. The molecule has 0 saturated carbocycles. The second kappa shape index (κ2) is 8.69. The van der Waals surface area contributed by atoms with Crippen molar-refractivity contribution < 1.29 is 21.9 Å². The minimum Gasteiger partial charge on any atom is -0.362 e. The topological polar surface area (TPSA) is 108 Å². The number of aromatic amines is 1. The number of H-pyrrole nitrogens is 1. The minimum absolute atomic E-state index is 0.175. The SMILES string of the molecule is O=C1Nc2cccc(-c3cccc(NC(=O)c4ccc(S(=O)(=O)F)cc4)c3)c2C1=Cc1ccc[nH]1. The molecule has 3 N–H and O–H groups in total. The summed E-state index contributed by atoms with van der Waals surface area (Å²) in [5.41, 5.74) is 5.05. The third-order valence-corrected chi connectivity index (χ3v) is 6.41. The normalized spacial score (nSPS) is 14.0. The molecule has 174 valence electrons. The zero-order valence-corrected chi connectivity index (χ0v) is 18.9. The third kappa shape index (κ3) is 4.49. The summed E-state index contributed by atoms with van der Waals surface area (Å²) in [6, 6.07) is 21.0. The Kier molecular flexibility index (Phi) is 5.54. The number of halogens is 1. The second-order valence-electron chi connectivity index (χ2n) is 7.86. The Morgan fingerprint density at radius 1 is 0.943 bits per heavy atom. The Hall–Kier alpha value is -4.50. The molecule has 5 rings (SSSR count). The number of carbonyl (C=O) groups excluding carboxylic acids is 2. The van der Waals surface area contributed by atoms with E-state index in [0.29, 0.717) is 16.9 Å². The summed E-state index contributed by atoms with van der Waals surface area (Å²) >= 11 is 0. The van der Waals surface area contributed by atoms with Gasteiger partial charge in [0.1, 0.15) is 0 Å². The van der Waals surface area contributed by atoms with E-state index >= 15 is 0 Å². The number of hydrogen-bond acceptors (Lipinski definition) is 4. The molecule has 2 amide bonds. The smallest absolute Gasteiger partial charge is 0.332 e. The quantitative estimate of drug-likeness (QED) is 0.269. The van der Waals surface area contributed by atoms with Gasteiger partial charge in [0.2, 0.25) is 0 Å². The molecular weight excluding hydrogens is 469 g/mol. The van der Waals surface area contributed by atoms with Gasteiger partial charge in [0.05, 0.1) is 10.5 Å². The highest BCUT2D eigenvalue weighted by atomic mass is 32.3. The first-order valence-electron chi connectivity index (χ1n) is 10.6. The summed E-state index contributed by atoms with van der Waals surface area (Å²) in [6.07, 6.45) is 3.57. The van der Waals surface area contributed by atoms with Crippen LogP contribution in [0, 0.1) is 0 Å². The van der Waals surface area contributed by atoms with E-state index in [2.05, 4.69) is 15.6 Å². The maximum atomic E-state index is 13.1. The maximum Gasteiger partial charge on any atom is 0.332 e. The lowest BCUT2D eigenvalue weighted by Gasteiger charge is -2.11. The molecule has 0 fully saturated rings. The van der Waals surface area contributed by atoms with E-state index in [1.807, 2.05) is 36.4 Å². The maximum absolute atomic E-state index is 13.1. The van der Waals surface area contributed by atoms with Crippen LogP contribution in [0.15, 0.2) is 90.0 Å². The van der Waals surface area contributed by atoms with Crippen LogP contribution in [0.2, 0.25) is 0 Å². The van der Waals surface area contributed by atoms with Crippen molar-refractivity contribution in [1.82, 2.24) is 4.98 Å². The van der Waals surface area contributed by atoms with Crippen molar-refractivity contribution in [3.63, 3.8) is 0 Å². The van der Waals surface area contributed by atoms with Crippen molar-refractivity contribution in [3.05, 3.63) is 102 Å². The van der Waals surface area contributed by atoms with Crippen LogP contribution in [0.4, 0.5) is 15.3 Å². The minimum atomic E-state index is -4.84. The molecule has 0 aliphatic carbocycles. The van der Waals surface area contributed by atoms with E-state index in [9.17, 15) is 21.9 Å². The van der Waals surface area contributed by atoms with Crippen LogP contribution < -0.4 is 10.6 Å². The zero-order valence-electron chi connectivity index (χ0n) is 18.1. The van der Waals surface area contributed by atoms with Gasteiger partial charge in [-0.15, -0.1) is 3.89 Å². The molecular formula is C26H18FN3O4S. The molecule has 0 spiro atoms. The number of carbonyl (C=O) groups is 2. The van der Waals surface area contributed by atoms with Crippen LogP contribution in [0.3, 0.4) is 0 Å². The van der Waals surface area contributed by atoms with Gasteiger partial charge in [0.25, 0.3) is 11.8 Å². The van der Waals surface area contributed by atoms with Gasteiger partial charge in [-0.05, 0) is 71.8 Å². The van der Waals surface area contributed by atoms with Crippen LogP contribution in [-0.4, -0.2) is 25.2 Å². The van der Waals surface area contributed by atoms with Crippen molar-refractivity contribution in [3.8, 4) is 11.1 Å². The second-order valence-corrected chi connectivity index (χ2v) is 9.21. The number of aromatic nitrogens is 1. The Balaban J connectivity index is 1.46. The largest absolute Gasteiger partial charge is 0.362 e. The Bertz CT molecular complexity index is 1590. The lowest BCUT2D eigenvalue weighted by Crippen LogP contribution is -2.12. The van der Waals surface area contributed by atoms with Crippen molar-refractivity contribution in [2.75, 3.05) is 10.6 Å². The summed E-state index contributed by atoms with van der Waals surface area (Å²) in [5, 5.41) is 5.66. The first-order chi connectivity index (χ1) is 16.8. The molecule has 1 aromatic heterocycles. The summed E-state index contributed by atoms with van der Waals surface area (Å²) in [4.78, 5) is 27.9. The Morgan fingerprint density at radius 3 is 2.43 bits per heavy atom. The van der Waals surface area contributed by atoms with Crippen molar-refractivity contribution in [2.24, 2.45) is 0 Å². The van der Waals surface area contributed by atoms with Crippen molar-refractivity contribution in [1.29, 1.82) is 0 Å². The fourth-order valence-electron chi connectivity index (χ4n) is 3.95. The molecule has 7 nitrogen and oxygen atoms in total. The predicted octanol–water partition coefficient (Wildman–Crippen LogP) is 5.08. The highest BCUT2D eigenvalue weighted by Crippen LogP contribution is 2.40. The van der Waals surface area contributed by atoms with Crippen molar-refractivity contribution in [2.45, 2.75) is 4.90 Å². The molecule has 1 aliphatic heterocycles. The zero-order chi connectivity index (χ0) is 24.6. The van der Waals surface area contributed by atoms with E-state index in [1.54, 1.807) is 30.5 Å². The summed E-state index contributed by atoms with van der Waals surface area (Å²) in [5.74, 6) is -0.683. The first-order valence-corrected chi connectivity index (χ1v) is 11.9. The van der Waals surface area contributed by atoms with Gasteiger partial charge in [-0.3, -0.25) is 9.59 Å². The molecule has 2 heterocycles. The van der Waals surface area contributed by atoms with Crippen molar-refractivity contribution >= 4 is 45.1 Å². The Labute approximate surface area is 200 Å². The van der Waals surface area contributed by atoms with E-state index in [0.717, 1.165) is 34.5 Å². The van der Waals surface area contributed by atoms with E-state index in [4.69, 9.17) is 0 Å². The summed E-state index contributed by atoms with van der Waals surface area (Å²) in [7, 11) is -4.84. The van der Waals surface area contributed by atoms with Crippen LogP contribution >= 0.6 is 0 Å². The van der Waals surface area contributed by atoms with Crippen LogP contribution in [-0.2, 0) is 15.0 Å². The van der Waals surface area contributed by atoms with Gasteiger partial charge in [-0.1, -0.05) is 24.3 Å². The average molecular weight is 488 g/mol. The van der Waals surface area contributed by atoms with Crippen LogP contribution in [0.5, 0.6) is 0 Å². The van der Waals surface area contributed by atoms with E-state index < -0.39 is 21.0 Å². The molecule has 0 bridgehead atoms. The van der Waals surface area contributed by atoms with Gasteiger partial charge in [0, 0.05) is 34.4 Å². The van der Waals surface area contributed by atoms with Gasteiger partial charge in [0.15, 0.2) is 0 Å². The van der Waals surface area contributed by atoms with E-state index in [-0.39, 0.29) is 11.5 Å². The molecule has 0 saturated heterocycles. The average Bonchev–Trinajstić information content (AvgIpc) is 3.46. The monoisotopic (exact) mass is 487 g/mol. The molecule has 3 aromatic carbocycles. The number of fused-ring (bicyclic) bond motifs is 1. The fourth-order valence-corrected chi connectivity index (χ4v) is 4.42. The number of nitrogens with one attached hydrogen (secondary N) is 3. The highest BCUT2D eigenvalue weighted by molar-refractivity contribution is 7.86. The third-order valence-electron chi connectivity index (χ3n) is 5.58. The lowest BCUT2D eigenvalue weighted by molar-refractivity contribution is -0.110. The summed E-state index contributed by atoms with van der Waals surface area (Å²) < 4.78 is 35.1. The number of hydrogen-bond donors (Lipinski definition) is 3. The number of rotatable bonds is 5. The number of amides is 2. The fraction of sp³-hybridized carbons (Fsp3) is 0. The van der Waals surface area contributed by atoms with Gasteiger partial charge in [-0.25, -0.2) is 0 Å². The van der Waals surface area contributed by atoms with Crippen LogP contribution in [0.25, 0.3) is 22.8 Å². The summed E-state index contributed by atoms with van der Waals surface area (Å²) in [6.45, 7) is 0. The molecule has 4 aromatic rings. The van der Waals surface area contributed by atoms with Gasteiger partial charge in [-0.2, -0.15) is 8.42 Å². The molecule has 0 unspecified atom stereocenters. The first kappa shape index (κ1) is 22.3. The molecule has 35 heavy (non-hydrogen) atoms. The molecule has 0 atom stereocenters. The highest BCUT2D eigenvalue weighted by Gasteiger charge is 2.27. The predicted molar refractivity (Wildman–Crippen MR) is 132 cm³/mol. The number of benzene rings is 3.